The van der Waals surface area contributed by atoms with Crippen molar-refractivity contribution in [3.05, 3.63) is 83.2 Å². The maximum atomic E-state index is 12.3. The van der Waals surface area contributed by atoms with Gasteiger partial charge in [-0.1, -0.05) is 36.4 Å². The van der Waals surface area contributed by atoms with Crippen molar-refractivity contribution in [1.29, 1.82) is 0 Å². The van der Waals surface area contributed by atoms with Crippen molar-refractivity contribution in [3.63, 3.8) is 0 Å². The molecule has 2 aromatic carbocycles. The number of aromatic nitrogens is 2. The minimum atomic E-state index is -0.146. The van der Waals surface area contributed by atoms with Crippen LogP contribution in [0, 0.1) is 13.8 Å². The van der Waals surface area contributed by atoms with Crippen molar-refractivity contribution in [1.82, 2.24) is 9.78 Å². The second-order valence-corrected chi connectivity index (χ2v) is 5.67. The van der Waals surface area contributed by atoms with Gasteiger partial charge < -0.3 is 5.32 Å². The van der Waals surface area contributed by atoms with Gasteiger partial charge in [0.1, 0.15) is 0 Å². The molecule has 4 nitrogen and oxygen atoms in total. The van der Waals surface area contributed by atoms with E-state index < -0.39 is 0 Å². The topological polar surface area (TPSA) is 46.9 Å². The van der Waals surface area contributed by atoms with Crippen LogP contribution in [-0.2, 0) is 6.54 Å². The fraction of sp³-hybridized carbons (Fsp3) is 0.158. The number of hydrogen-bond donors (Lipinski definition) is 1. The van der Waals surface area contributed by atoms with Crippen LogP contribution >= 0.6 is 0 Å². The van der Waals surface area contributed by atoms with E-state index in [1.807, 2.05) is 55.5 Å². The molecule has 1 N–H and O–H groups in total. The smallest absolute Gasteiger partial charge is 0.258 e. The summed E-state index contributed by atoms with van der Waals surface area (Å²) < 4.78 is 1.77. The third-order valence-electron chi connectivity index (χ3n) is 3.85. The number of aryl methyl sites for hydroxylation is 2. The van der Waals surface area contributed by atoms with Gasteiger partial charge in [-0.25, -0.2) is 0 Å². The lowest BCUT2D eigenvalue weighted by Gasteiger charge is -2.06. The van der Waals surface area contributed by atoms with Gasteiger partial charge in [0.15, 0.2) is 0 Å². The maximum Gasteiger partial charge on any atom is 0.258 e. The van der Waals surface area contributed by atoms with Gasteiger partial charge >= 0.3 is 0 Å². The molecule has 3 aromatic rings. The summed E-state index contributed by atoms with van der Waals surface area (Å²) in [4.78, 5) is 12.3. The molecule has 0 spiro atoms. The zero-order valence-corrected chi connectivity index (χ0v) is 13.3. The summed E-state index contributed by atoms with van der Waals surface area (Å²) in [7, 11) is 0. The van der Waals surface area contributed by atoms with Crippen LogP contribution in [0.2, 0.25) is 0 Å². The summed E-state index contributed by atoms with van der Waals surface area (Å²) in [6.07, 6.45) is 3.36. The van der Waals surface area contributed by atoms with E-state index in [0.29, 0.717) is 12.1 Å². The Morgan fingerprint density at radius 1 is 1.09 bits per heavy atom. The first-order chi connectivity index (χ1) is 11.1. The molecule has 1 heterocycles. The molecule has 0 aliphatic heterocycles. The van der Waals surface area contributed by atoms with E-state index in [4.69, 9.17) is 0 Å². The Kier molecular flexibility index (Phi) is 4.24. The summed E-state index contributed by atoms with van der Waals surface area (Å²) in [5.74, 6) is -0.146. The molecule has 1 aromatic heterocycles. The molecule has 0 atom stereocenters. The van der Waals surface area contributed by atoms with Crippen molar-refractivity contribution < 1.29 is 4.79 Å². The minimum absolute atomic E-state index is 0.146. The molecule has 0 saturated heterocycles. The molecule has 0 saturated carbocycles. The van der Waals surface area contributed by atoms with Crippen molar-refractivity contribution in [2.45, 2.75) is 20.4 Å². The fourth-order valence-electron chi connectivity index (χ4n) is 2.36. The zero-order valence-electron chi connectivity index (χ0n) is 13.3. The second kappa shape index (κ2) is 6.48. The van der Waals surface area contributed by atoms with Gasteiger partial charge in [0.2, 0.25) is 0 Å². The van der Waals surface area contributed by atoms with Crippen LogP contribution < -0.4 is 5.32 Å². The quantitative estimate of drug-likeness (QED) is 0.797. The predicted octanol–water partition coefficient (Wildman–Crippen LogP) is 3.80. The van der Waals surface area contributed by atoms with Gasteiger partial charge in [-0.2, -0.15) is 5.10 Å². The van der Waals surface area contributed by atoms with E-state index in [-0.39, 0.29) is 5.91 Å². The number of benzene rings is 2. The van der Waals surface area contributed by atoms with Gasteiger partial charge in [-0.15, -0.1) is 0 Å². The maximum absolute atomic E-state index is 12.3. The lowest BCUT2D eigenvalue weighted by Crippen LogP contribution is -2.11. The molecule has 0 aliphatic carbocycles. The normalized spacial score (nSPS) is 10.5. The molecule has 3 rings (SSSR count). The van der Waals surface area contributed by atoms with Gasteiger partial charge in [0.05, 0.1) is 18.3 Å². The minimum Gasteiger partial charge on any atom is -0.322 e. The van der Waals surface area contributed by atoms with E-state index in [9.17, 15) is 4.79 Å². The zero-order chi connectivity index (χ0) is 16.2. The second-order valence-electron chi connectivity index (χ2n) is 5.67. The molecule has 0 fully saturated rings. The Bertz CT molecular complexity index is 822. The van der Waals surface area contributed by atoms with Crippen LogP contribution in [0.15, 0.2) is 60.9 Å². The van der Waals surface area contributed by atoms with Crippen LogP contribution in [-0.4, -0.2) is 15.7 Å². The van der Waals surface area contributed by atoms with Gasteiger partial charge in [-0.3, -0.25) is 9.48 Å². The van der Waals surface area contributed by atoms with Crippen LogP contribution in [0.3, 0.4) is 0 Å². The first-order valence-corrected chi connectivity index (χ1v) is 7.57. The van der Waals surface area contributed by atoms with Crippen LogP contribution in [0.5, 0.6) is 0 Å². The highest BCUT2D eigenvalue weighted by molar-refractivity contribution is 6.03. The average molecular weight is 305 g/mol. The lowest BCUT2D eigenvalue weighted by atomic mass is 10.1. The van der Waals surface area contributed by atoms with Gasteiger partial charge in [0, 0.05) is 11.9 Å². The number of carbonyl (C=O) groups is 1. The number of nitrogens with zero attached hydrogens (tertiary/aromatic N) is 2. The summed E-state index contributed by atoms with van der Waals surface area (Å²) in [6.45, 7) is 4.73. The van der Waals surface area contributed by atoms with Crippen LogP contribution in [0.4, 0.5) is 5.69 Å². The highest BCUT2D eigenvalue weighted by atomic mass is 16.1. The number of anilines is 1. The lowest BCUT2D eigenvalue weighted by molar-refractivity contribution is 0.102. The van der Waals surface area contributed by atoms with Crippen LogP contribution in [0.25, 0.3) is 0 Å². The number of rotatable bonds is 4. The van der Waals surface area contributed by atoms with Gasteiger partial charge in [-0.05, 0) is 42.7 Å². The van der Waals surface area contributed by atoms with Crippen molar-refractivity contribution in [3.8, 4) is 0 Å². The molecule has 116 valence electrons. The monoisotopic (exact) mass is 305 g/mol. The molecule has 23 heavy (non-hydrogen) atoms. The summed E-state index contributed by atoms with van der Waals surface area (Å²) >= 11 is 0. The highest BCUT2D eigenvalue weighted by Gasteiger charge is 2.09. The summed E-state index contributed by atoms with van der Waals surface area (Å²) in [6, 6.07) is 15.9. The number of carbonyl (C=O) groups excluding carboxylic acids is 1. The number of amides is 1. The molecule has 0 radical (unpaired) electrons. The number of nitrogens with one attached hydrogen (secondary N) is 1. The van der Waals surface area contributed by atoms with Crippen molar-refractivity contribution in [2.75, 3.05) is 5.32 Å². The Labute approximate surface area is 135 Å². The highest BCUT2D eigenvalue weighted by Crippen LogP contribution is 2.15. The van der Waals surface area contributed by atoms with E-state index in [0.717, 1.165) is 16.8 Å². The van der Waals surface area contributed by atoms with Gasteiger partial charge in [0.25, 0.3) is 5.91 Å². The van der Waals surface area contributed by atoms with E-state index in [1.165, 1.54) is 5.56 Å². The summed E-state index contributed by atoms with van der Waals surface area (Å²) in [5.41, 5.74) is 4.87. The first kappa shape index (κ1) is 15.0. The Morgan fingerprint density at radius 3 is 2.61 bits per heavy atom. The van der Waals surface area contributed by atoms with Crippen molar-refractivity contribution in [2.24, 2.45) is 0 Å². The SMILES string of the molecule is Cc1ccc(NC(=O)c2cnn(Cc3ccccc3)c2)cc1C. The molecular formula is C19H19N3O. The van der Waals surface area contributed by atoms with E-state index in [2.05, 4.69) is 17.3 Å². The van der Waals surface area contributed by atoms with Crippen LogP contribution in [0.1, 0.15) is 27.0 Å². The molecule has 1 amide bonds. The largest absolute Gasteiger partial charge is 0.322 e. The summed E-state index contributed by atoms with van der Waals surface area (Å²) in [5, 5.41) is 7.17. The molecule has 0 unspecified atom stereocenters. The third kappa shape index (κ3) is 3.66. The van der Waals surface area contributed by atoms with E-state index >= 15 is 0 Å². The predicted molar refractivity (Wildman–Crippen MR) is 91.6 cm³/mol. The molecular weight excluding hydrogens is 286 g/mol. The third-order valence-corrected chi connectivity index (χ3v) is 3.85. The first-order valence-electron chi connectivity index (χ1n) is 7.57. The molecule has 4 heteroatoms. The number of hydrogen-bond acceptors (Lipinski definition) is 2. The van der Waals surface area contributed by atoms with E-state index in [1.54, 1.807) is 17.1 Å². The molecule has 0 bridgehead atoms. The molecule has 0 aliphatic rings. The Morgan fingerprint density at radius 2 is 1.87 bits per heavy atom. The Balaban J connectivity index is 1.69. The Hall–Kier alpha value is -2.88. The fourth-order valence-corrected chi connectivity index (χ4v) is 2.36. The average Bonchev–Trinajstić information content (AvgIpc) is 3.00. The standard InChI is InChI=1S/C19H19N3O/c1-14-8-9-18(10-15(14)2)21-19(23)17-11-20-22(13-17)12-16-6-4-3-5-7-16/h3-11,13H,12H2,1-2H3,(H,21,23). The van der Waals surface area contributed by atoms with Crippen molar-refractivity contribution >= 4 is 11.6 Å².